The summed E-state index contributed by atoms with van der Waals surface area (Å²) in [5.74, 6) is 0.729. The van der Waals surface area contributed by atoms with Gasteiger partial charge < -0.3 is 4.43 Å². The van der Waals surface area contributed by atoms with E-state index in [0.29, 0.717) is 6.10 Å². The van der Waals surface area contributed by atoms with E-state index in [0.717, 1.165) is 12.3 Å². The van der Waals surface area contributed by atoms with E-state index in [1.807, 2.05) is 0 Å². The maximum Gasteiger partial charge on any atom is 0.184 e. The summed E-state index contributed by atoms with van der Waals surface area (Å²) in [7, 11) is -1.41. The van der Waals surface area contributed by atoms with Crippen molar-refractivity contribution in [1.29, 1.82) is 0 Å². The molecule has 0 bridgehead atoms. The molecule has 0 saturated heterocycles. The second-order valence-electron chi connectivity index (χ2n) is 6.95. The van der Waals surface area contributed by atoms with Gasteiger partial charge in [-0.2, -0.15) is 0 Å². The fourth-order valence-corrected chi connectivity index (χ4v) is 4.05. The van der Waals surface area contributed by atoms with E-state index in [9.17, 15) is 0 Å². The van der Waals surface area contributed by atoms with E-state index in [2.05, 4.69) is 26.6 Å². The van der Waals surface area contributed by atoms with Gasteiger partial charge in [0.05, 0.1) is 0 Å². The fourth-order valence-electron chi connectivity index (χ4n) is 2.57. The van der Waals surface area contributed by atoms with Crippen LogP contribution in [0.2, 0.25) is 19.6 Å². The highest BCUT2D eigenvalue weighted by Crippen LogP contribution is 2.18. The normalized spacial score (nSPS) is 13.7. The maximum absolute atomic E-state index is 6.20. The standard InChI is InChI=1S/C17H37ClOSi/c1-5-6-7-8-9-10-11-12-13-14-17(15-16-18)19-20(2,3)4/h17H,5-16H2,1-4H3. The zero-order chi connectivity index (χ0) is 15.3. The molecular formula is C17H37ClOSi. The average Bonchev–Trinajstić information content (AvgIpc) is 2.35. The highest BCUT2D eigenvalue weighted by atomic mass is 35.5. The molecule has 1 nitrogen and oxygen atoms in total. The molecule has 0 aromatic carbocycles. The monoisotopic (exact) mass is 320 g/mol. The lowest BCUT2D eigenvalue weighted by Gasteiger charge is -2.26. The summed E-state index contributed by atoms with van der Waals surface area (Å²) in [6, 6.07) is 0. The van der Waals surface area contributed by atoms with Crippen LogP contribution in [0, 0.1) is 0 Å². The molecule has 20 heavy (non-hydrogen) atoms. The Kier molecular flexibility index (Phi) is 13.5. The second kappa shape index (κ2) is 13.2. The Labute approximate surface area is 133 Å². The lowest BCUT2D eigenvalue weighted by molar-refractivity contribution is 0.176. The summed E-state index contributed by atoms with van der Waals surface area (Å²) in [5, 5.41) is 0. The number of halogens is 1. The van der Waals surface area contributed by atoms with Crippen LogP contribution in [-0.2, 0) is 4.43 Å². The van der Waals surface area contributed by atoms with Gasteiger partial charge in [0.25, 0.3) is 0 Å². The topological polar surface area (TPSA) is 9.23 Å². The molecule has 0 rings (SSSR count). The highest BCUT2D eigenvalue weighted by molar-refractivity contribution is 6.69. The second-order valence-corrected chi connectivity index (χ2v) is 11.8. The van der Waals surface area contributed by atoms with Crippen LogP contribution in [0.1, 0.15) is 77.6 Å². The van der Waals surface area contributed by atoms with E-state index in [4.69, 9.17) is 16.0 Å². The van der Waals surface area contributed by atoms with E-state index in [1.165, 1.54) is 64.2 Å². The minimum absolute atomic E-state index is 0.406. The summed E-state index contributed by atoms with van der Waals surface area (Å²) in [6.07, 6.45) is 15.1. The van der Waals surface area contributed by atoms with Crippen LogP contribution in [0.5, 0.6) is 0 Å². The minimum atomic E-state index is -1.41. The van der Waals surface area contributed by atoms with E-state index < -0.39 is 8.32 Å². The lowest BCUT2D eigenvalue weighted by Crippen LogP contribution is -2.32. The predicted molar refractivity (Wildman–Crippen MR) is 95.4 cm³/mol. The van der Waals surface area contributed by atoms with Gasteiger partial charge >= 0.3 is 0 Å². The first-order chi connectivity index (χ1) is 9.49. The van der Waals surface area contributed by atoms with E-state index in [-0.39, 0.29) is 0 Å². The Hall–Kier alpha value is 0.467. The van der Waals surface area contributed by atoms with Gasteiger partial charge in [-0.15, -0.1) is 11.6 Å². The smallest absolute Gasteiger partial charge is 0.184 e. The molecular weight excluding hydrogens is 284 g/mol. The van der Waals surface area contributed by atoms with E-state index in [1.54, 1.807) is 0 Å². The van der Waals surface area contributed by atoms with Crippen LogP contribution in [0.25, 0.3) is 0 Å². The van der Waals surface area contributed by atoms with Crippen LogP contribution >= 0.6 is 11.6 Å². The summed E-state index contributed by atoms with van der Waals surface area (Å²) in [5.41, 5.74) is 0. The number of hydrogen-bond donors (Lipinski definition) is 0. The van der Waals surface area contributed by atoms with Crippen molar-refractivity contribution >= 4 is 19.9 Å². The van der Waals surface area contributed by atoms with Crippen molar-refractivity contribution in [1.82, 2.24) is 0 Å². The molecule has 0 aromatic rings. The Morgan fingerprint density at radius 3 is 1.75 bits per heavy atom. The molecule has 0 saturated carbocycles. The molecule has 3 heteroatoms. The summed E-state index contributed by atoms with van der Waals surface area (Å²) in [6.45, 7) is 9.08. The maximum atomic E-state index is 6.20. The molecule has 0 aliphatic rings. The third kappa shape index (κ3) is 14.9. The van der Waals surface area contributed by atoms with Crippen LogP contribution < -0.4 is 0 Å². The zero-order valence-corrected chi connectivity index (χ0v) is 16.1. The van der Waals surface area contributed by atoms with Crippen molar-refractivity contribution in [3.05, 3.63) is 0 Å². The van der Waals surface area contributed by atoms with Crippen molar-refractivity contribution in [2.24, 2.45) is 0 Å². The summed E-state index contributed by atoms with van der Waals surface area (Å²) in [4.78, 5) is 0. The fraction of sp³-hybridized carbons (Fsp3) is 1.00. The van der Waals surface area contributed by atoms with Crippen LogP contribution in [-0.4, -0.2) is 20.3 Å². The zero-order valence-electron chi connectivity index (χ0n) is 14.3. The van der Waals surface area contributed by atoms with Crippen LogP contribution in [0.4, 0.5) is 0 Å². The number of rotatable bonds is 14. The van der Waals surface area contributed by atoms with E-state index >= 15 is 0 Å². The van der Waals surface area contributed by atoms with Crippen molar-refractivity contribution in [3.8, 4) is 0 Å². The minimum Gasteiger partial charge on any atom is -0.415 e. The highest BCUT2D eigenvalue weighted by Gasteiger charge is 2.20. The first-order valence-corrected chi connectivity index (χ1v) is 12.7. The molecule has 0 aliphatic heterocycles. The molecule has 0 radical (unpaired) electrons. The molecule has 122 valence electrons. The Bertz CT molecular complexity index is 204. The van der Waals surface area contributed by atoms with Gasteiger partial charge in [-0.05, 0) is 32.5 Å². The van der Waals surface area contributed by atoms with Crippen molar-refractivity contribution < 1.29 is 4.43 Å². The quantitative estimate of drug-likeness (QED) is 0.195. The molecule has 0 heterocycles. The molecule has 0 amide bonds. The molecule has 0 spiro atoms. The average molecular weight is 321 g/mol. The van der Waals surface area contributed by atoms with Crippen molar-refractivity contribution in [3.63, 3.8) is 0 Å². The van der Waals surface area contributed by atoms with Gasteiger partial charge in [0.2, 0.25) is 0 Å². The first kappa shape index (κ1) is 20.5. The van der Waals surface area contributed by atoms with Gasteiger partial charge in [-0.1, -0.05) is 64.7 Å². The largest absolute Gasteiger partial charge is 0.415 e. The third-order valence-corrected chi connectivity index (χ3v) is 4.84. The lowest BCUT2D eigenvalue weighted by atomic mass is 10.0. The number of hydrogen-bond acceptors (Lipinski definition) is 1. The van der Waals surface area contributed by atoms with Crippen LogP contribution in [0.15, 0.2) is 0 Å². The Morgan fingerprint density at radius 1 is 0.800 bits per heavy atom. The summed E-state index contributed by atoms with van der Waals surface area (Å²) < 4.78 is 6.20. The molecule has 0 aliphatic carbocycles. The molecule has 0 fully saturated rings. The SMILES string of the molecule is CCCCCCCCCCCC(CCCl)O[Si](C)(C)C. The first-order valence-electron chi connectivity index (χ1n) is 8.73. The predicted octanol–water partition coefficient (Wildman–Crippen LogP) is 6.76. The van der Waals surface area contributed by atoms with Gasteiger partial charge in [-0.3, -0.25) is 0 Å². The van der Waals surface area contributed by atoms with Gasteiger partial charge in [0.1, 0.15) is 0 Å². The molecule has 0 aromatic heterocycles. The van der Waals surface area contributed by atoms with Crippen molar-refractivity contribution in [2.75, 3.05) is 5.88 Å². The Balaban J connectivity index is 3.49. The number of alkyl halides is 1. The van der Waals surface area contributed by atoms with Gasteiger partial charge in [-0.25, -0.2) is 0 Å². The van der Waals surface area contributed by atoms with Crippen LogP contribution in [0.3, 0.4) is 0 Å². The van der Waals surface area contributed by atoms with Gasteiger partial charge in [0, 0.05) is 12.0 Å². The molecule has 1 unspecified atom stereocenters. The summed E-state index contributed by atoms with van der Waals surface area (Å²) >= 11 is 5.88. The van der Waals surface area contributed by atoms with Crippen molar-refractivity contribution in [2.45, 2.75) is 103 Å². The molecule has 0 N–H and O–H groups in total. The Morgan fingerprint density at radius 2 is 1.30 bits per heavy atom. The third-order valence-electron chi connectivity index (χ3n) is 3.58. The number of unbranched alkanes of at least 4 members (excludes halogenated alkanes) is 8. The molecule has 1 atom stereocenters. The van der Waals surface area contributed by atoms with Gasteiger partial charge in [0.15, 0.2) is 8.32 Å².